The highest BCUT2D eigenvalue weighted by Gasteiger charge is 2.51. The first-order valence-corrected chi connectivity index (χ1v) is 21.0. The summed E-state index contributed by atoms with van der Waals surface area (Å²) >= 11 is 0. The number of hydrogen-bond donors (Lipinski definition) is 6. The van der Waals surface area contributed by atoms with E-state index in [0.717, 1.165) is 57.8 Å². The monoisotopic (exact) mass is 752 g/mol. The van der Waals surface area contributed by atoms with Gasteiger partial charge in [-0.2, -0.15) is 0 Å². The van der Waals surface area contributed by atoms with Gasteiger partial charge in [0.05, 0.1) is 6.61 Å². The van der Waals surface area contributed by atoms with Crippen molar-refractivity contribution in [1.82, 2.24) is 0 Å². The summed E-state index contributed by atoms with van der Waals surface area (Å²) in [5.41, 5.74) is 0. The van der Waals surface area contributed by atoms with E-state index in [4.69, 9.17) is 18.5 Å². The third kappa shape index (κ3) is 22.4. The molecule has 1 fully saturated rings. The van der Waals surface area contributed by atoms with Crippen molar-refractivity contribution < 1.29 is 63.1 Å². The maximum absolute atomic E-state index is 12.7. The smallest absolute Gasteiger partial charge is 0.462 e. The Balaban J connectivity index is 2.54. The van der Waals surface area contributed by atoms with Crippen LogP contribution in [0.1, 0.15) is 155 Å². The summed E-state index contributed by atoms with van der Waals surface area (Å²) < 4.78 is 33.2. The average molecular weight is 753 g/mol. The van der Waals surface area contributed by atoms with E-state index >= 15 is 0 Å². The van der Waals surface area contributed by atoms with Gasteiger partial charge in [0.25, 0.3) is 0 Å². The van der Waals surface area contributed by atoms with Crippen LogP contribution in [0.2, 0.25) is 0 Å². The van der Waals surface area contributed by atoms with E-state index in [1.165, 1.54) is 57.8 Å². The lowest BCUT2D eigenvalue weighted by Gasteiger charge is -2.41. The second kappa shape index (κ2) is 29.0. The summed E-state index contributed by atoms with van der Waals surface area (Å²) in [5.74, 6) is -1.11. The van der Waals surface area contributed by atoms with Gasteiger partial charge in [-0.25, -0.2) is 4.57 Å². The van der Waals surface area contributed by atoms with E-state index < -0.39 is 75.7 Å². The van der Waals surface area contributed by atoms with E-state index in [0.29, 0.717) is 12.8 Å². The molecule has 6 atom stereocenters. The van der Waals surface area contributed by atoms with Gasteiger partial charge in [-0.1, -0.05) is 116 Å². The number of phosphoric acid groups is 1. The molecule has 14 heteroatoms. The highest BCUT2D eigenvalue weighted by atomic mass is 31.2. The Morgan fingerprint density at radius 3 is 1.49 bits per heavy atom. The van der Waals surface area contributed by atoms with E-state index in [-0.39, 0.29) is 12.8 Å². The number of phosphoric ester groups is 1. The Kier molecular flexibility index (Phi) is 27.1. The van der Waals surface area contributed by atoms with Crippen LogP contribution in [-0.4, -0.2) is 98.3 Å². The fourth-order valence-corrected chi connectivity index (χ4v) is 6.84. The van der Waals surface area contributed by atoms with Crippen LogP contribution in [0.5, 0.6) is 0 Å². The van der Waals surface area contributed by atoms with Crippen LogP contribution in [0.4, 0.5) is 0 Å². The molecule has 6 unspecified atom stereocenters. The molecular formula is C37H69O13P. The van der Waals surface area contributed by atoms with Crippen molar-refractivity contribution in [1.29, 1.82) is 0 Å². The molecule has 1 aliphatic carbocycles. The van der Waals surface area contributed by atoms with E-state index in [1.807, 2.05) is 0 Å². The predicted molar refractivity (Wildman–Crippen MR) is 194 cm³/mol. The molecule has 0 spiro atoms. The number of carbonyl (C=O) groups excluding carboxylic acids is 2. The summed E-state index contributed by atoms with van der Waals surface area (Å²) in [6.07, 6.45) is 13.0. The molecule has 0 bridgehead atoms. The lowest BCUT2D eigenvalue weighted by Crippen LogP contribution is -2.64. The molecule has 0 amide bonds. The van der Waals surface area contributed by atoms with Gasteiger partial charge in [-0.15, -0.1) is 0 Å². The van der Waals surface area contributed by atoms with Gasteiger partial charge in [0.2, 0.25) is 0 Å². The van der Waals surface area contributed by atoms with Crippen LogP contribution in [0, 0.1) is 0 Å². The van der Waals surface area contributed by atoms with Crippen molar-refractivity contribution in [3.63, 3.8) is 0 Å². The summed E-state index contributed by atoms with van der Waals surface area (Å²) in [5, 5.41) is 49.9. The summed E-state index contributed by atoms with van der Waals surface area (Å²) in [7, 11) is -5.10. The minimum absolute atomic E-state index is 0.0898. The highest BCUT2D eigenvalue weighted by Crippen LogP contribution is 2.47. The minimum atomic E-state index is -5.10. The van der Waals surface area contributed by atoms with Crippen molar-refractivity contribution in [2.24, 2.45) is 0 Å². The van der Waals surface area contributed by atoms with Crippen LogP contribution in [0.25, 0.3) is 0 Å². The SMILES string of the molecule is CCCCCCC/C=C\CCCCCCCC(=O)OC(COC(=O)CCCCCCCCCC)COP(=O)(O)OC1C(O)C(O)C(O)C(O)C1O. The maximum atomic E-state index is 12.7. The van der Waals surface area contributed by atoms with E-state index in [1.54, 1.807) is 0 Å². The number of aliphatic hydroxyl groups excluding tert-OH is 5. The van der Waals surface area contributed by atoms with Crippen LogP contribution in [0.3, 0.4) is 0 Å². The number of ether oxygens (including phenoxy) is 2. The second-order valence-corrected chi connectivity index (χ2v) is 15.2. The Morgan fingerprint density at radius 1 is 0.588 bits per heavy atom. The Bertz CT molecular complexity index is 964. The van der Waals surface area contributed by atoms with Crippen molar-refractivity contribution in [2.75, 3.05) is 13.2 Å². The normalized spacial score (nSPS) is 24.0. The summed E-state index contributed by atoms with van der Waals surface area (Å²) in [6.45, 7) is 3.21. The number of rotatable bonds is 31. The number of allylic oxidation sites excluding steroid dienone is 2. The fourth-order valence-electron chi connectivity index (χ4n) is 5.87. The average Bonchev–Trinajstić information content (AvgIpc) is 3.10. The van der Waals surface area contributed by atoms with E-state index in [9.17, 15) is 44.6 Å². The van der Waals surface area contributed by atoms with Crippen molar-refractivity contribution in [3.05, 3.63) is 12.2 Å². The van der Waals surface area contributed by atoms with Crippen molar-refractivity contribution in [2.45, 2.75) is 198 Å². The van der Waals surface area contributed by atoms with E-state index in [2.05, 4.69) is 26.0 Å². The molecule has 13 nitrogen and oxygen atoms in total. The molecule has 6 N–H and O–H groups in total. The number of esters is 2. The standard InChI is InChI=1S/C37H69O13P/c1-3-5-7-9-11-13-14-15-16-17-18-20-22-24-26-31(39)49-29(27-47-30(38)25-23-21-19-12-10-8-6-4-2)28-48-51(45,46)50-37-35(43)33(41)32(40)34(42)36(37)44/h14-15,29,32-37,40-44H,3-13,16-28H2,1-2H3,(H,45,46)/b15-14-. The molecule has 1 rings (SSSR count). The van der Waals surface area contributed by atoms with Crippen molar-refractivity contribution >= 4 is 19.8 Å². The molecule has 0 aliphatic heterocycles. The molecule has 0 aromatic rings. The highest BCUT2D eigenvalue weighted by molar-refractivity contribution is 7.47. The van der Waals surface area contributed by atoms with Gasteiger partial charge >= 0.3 is 19.8 Å². The zero-order valence-electron chi connectivity index (χ0n) is 31.2. The van der Waals surface area contributed by atoms with Gasteiger partial charge in [-0.3, -0.25) is 18.6 Å². The summed E-state index contributed by atoms with van der Waals surface area (Å²) in [4.78, 5) is 35.3. The zero-order chi connectivity index (χ0) is 37.9. The number of hydrogen-bond acceptors (Lipinski definition) is 12. The molecule has 1 aliphatic rings. The molecule has 300 valence electrons. The topological polar surface area (TPSA) is 210 Å². The van der Waals surface area contributed by atoms with Gasteiger partial charge in [0.15, 0.2) is 6.10 Å². The lowest BCUT2D eigenvalue weighted by atomic mass is 9.85. The maximum Gasteiger partial charge on any atom is 0.472 e. The lowest BCUT2D eigenvalue weighted by molar-refractivity contribution is -0.220. The molecular weight excluding hydrogens is 683 g/mol. The number of carbonyl (C=O) groups is 2. The first-order chi connectivity index (χ1) is 24.4. The van der Waals surface area contributed by atoms with Crippen LogP contribution >= 0.6 is 7.82 Å². The first kappa shape index (κ1) is 47.6. The van der Waals surface area contributed by atoms with Gasteiger partial charge in [0.1, 0.15) is 43.2 Å². The summed E-state index contributed by atoms with van der Waals surface area (Å²) in [6, 6.07) is 0. The Labute approximate surface area is 305 Å². The Hall–Kier alpha value is -1.41. The van der Waals surface area contributed by atoms with Gasteiger partial charge in [0, 0.05) is 12.8 Å². The number of unbranched alkanes of at least 4 members (excludes halogenated alkanes) is 17. The fraction of sp³-hybridized carbons (Fsp3) is 0.892. The third-order valence-electron chi connectivity index (χ3n) is 9.11. The predicted octanol–water partition coefficient (Wildman–Crippen LogP) is 5.94. The van der Waals surface area contributed by atoms with Gasteiger partial charge < -0.3 is 39.9 Å². The molecule has 51 heavy (non-hydrogen) atoms. The molecule has 1 saturated carbocycles. The minimum Gasteiger partial charge on any atom is -0.462 e. The van der Waals surface area contributed by atoms with Crippen LogP contribution < -0.4 is 0 Å². The van der Waals surface area contributed by atoms with Crippen LogP contribution in [-0.2, 0) is 32.7 Å². The second-order valence-electron chi connectivity index (χ2n) is 13.8. The molecule has 0 aromatic heterocycles. The molecule has 0 aromatic carbocycles. The third-order valence-corrected chi connectivity index (χ3v) is 10.1. The van der Waals surface area contributed by atoms with Gasteiger partial charge in [-0.05, 0) is 38.5 Å². The van der Waals surface area contributed by atoms with Crippen molar-refractivity contribution in [3.8, 4) is 0 Å². The Morgan fingerprint density at radius 2 is 1.00 bits per heavy atom. The molecule has 0 radical (unpaired) electrons. The first-order valence-electron chi connectivity index (χ1n) is 19.5. The zero-order valence-corrected chi connectivity index (χ0v) is 32.0. The number of aliphatic hydroxyl groups is 5. The quantitative estimate of drug-likeness (QED) is 0.0210. The molecule has 0 saturated heterocycles. The van der Waals surface area contributed by atoms with Crippen LogP contribution in [0.15, 0.2) is 12.2 Å². The largest absolute Gasteiger partial charge is 0.472 e. The molecule has 0 heterocycles.